The summed E-state index contributed by atoms with van der Waals surface area (Å²) in [4.78, 5) is 24.5. The number of anilines is 1. The Kier molecular flexibility index (Phi) is 8.21. The molecule has 0 spiro atoms. The molecule has 0 bridgehead atoms. The number of carbonyl (C=O) groups is 2. The maximum atomic E-state index is 12.3. The number of nitrogens with zero attached hydrogens (tertiary/aromatic N) is 1. The van der Waals surface area contributed by atoms with E-state index in [1.54, 1.807) is 42.5 Å². The number of nitrogens with one attached hydrogen (secondary N) is 2. The molecular weight excluding hydrogens is 486 g/mol. The highest BCUT2D eigenvalue weighted by Crippen LogP contribution is 2.25. The Morgan fingerprint density at radius 3 is 2.64 bits per heavy atom. The molecule has 0 saturated carbocycles. The maximum absolute atomic E-state index is 12.3. The van der Waals surface area contributed by atoms with Gasteiger partial charge in [0, 0.05) is 11.3 Å². The fraction of sp³-hybridized carbons (Fsp3) is 0.160. The van der Waals surface area contributed by atoms with Crippen molar-refractivity contribution in [2.75, 3.05) is 19.0 Å². The van der Waals surface area contributed by atoms with Crippen LogP contribution in [0.3, 0.4) is 0 Å². The van der Waals surface area contributed by atoms with Crippen LogP contribution in [0.1, 0.15) is 27.0 Å². The second kappa shape index (κ2) is 11.3. The van der Waals surface area contributed by atoms with Crippen molar-refractivity contribution in [2.24, 2.45) is 5.10 Å². The van der Waals surface area contributed by atoms with Crippen LogP contribution in [0.15, 0.2) is 70.2 Å². The minimum Gasteiger partial charge on any atom is -0.497 e. The Balaban J connectivity index is 1.54. The van der Waals surface area contributed by atoms with Gasteiger partial charge in [-0.3, -0.25) is 9.59 Å². The molecule has 33 heavy (non-hydrogen) atoms. The summed E-state index contributed by atoms with van der Waals surface area (Å²) >= 11 is 3.44. The number of amides is 2. The average molecular weight is 510 g/mol. The molecule has 0 saturated heterocycles. The molecular formula is C25H24BrN3O4. The van der Waals surface area contributed by atoms with Gasteiger partial charge in [-0.15, -0.1) is 0 Å². The van der Waals surface area contributed by atoms with Gasteiger partial charge in [-0.1, -0.05) is 18.2 Å². The van der Waals surface area contributed by atoms with E-state index < -0.39 is 0 Å². The summed E-state index contributed by atoms with van der Waals surface area (Å²) in [6.07, 6.45) is 1.51. The second-order valence-electron chi connectivity index (χ2n) is 7.28. The Morgan fingerprint density at radius 2 is 1.88 bits per heavy atom. The number of methoxy groups -OCH3 is 1. The van der Waals surface area contributed by atoms with Crippen molar-refractivity contribution in [1.29, 1.82) is 0 Å². The predicted octanol–water partition coefficient (Wildman–Crippen LogP) is 4.86. The van der Waals surface area contributed by atoms with E-state index in [-0.39, 0.29) is 18.4 Å². The van der Waals surface area contributed by atoms with Crippen LogP contribution in [0, 0.1) is 13.8 Å². The Bertz CT molecular complexity index is 1190. The van der Waals surface area contributed by atoms with Crippen molar-refractivity contribution in [3.05, 3.63) is 87.4 Å². The van der Waals surface area contributed by atoms with E-state index in [1.807, 2.05) is 32.0 Å². The molecule has 0 heterocycles. The fourth-order valence-electron chi connectivity index (χ4n) is 2.91. The first-order valence-electron chi connectivity index (χ1n) is 10.1. The smallest absolute Gasteiger partial charge is 0.271 e. The molecule has 0 aliphatic heterocycles. The zero-order chi connectivity index (χ0) is 23.8. The fourth-order valence-corrected chi connectivity index (χ4v) is 3.42. The van der Waals surface area contributed by atoms with E-state index in [2.05, 4.69) is 31.8 Å². The third-order valence-electron chi connectivity index (χ3n) is 4.69. The van der Waals surface area contributed by atoms with Gasteiger partial charge >= 0.3 is 0 Å². The Morgan fingerprint density at radius 1 is 1.06 bits per heavy atom. The number of ether oxygens (including phenoxy) is 2. The minimum atomic E-state index is -0.348. The SMILES string of the molecule is COc1cccc(C(=O)N/N=C/c2ccc(OCC(=O)Nc3cc(C)ccc3C)c(Br)c2)c1. The van der Waals surface area contributed by atoms with Crippen LogP contribution >= 0.6 is 15.9 Å². The molecule has 0 unspecified atom stereocenters. The highest BCUT2D eigenvalue weighted by molar-refractivity contribution is 9.10. The van der Waals surface area contributed by atoms with Gasteiger partial charge in [0.25, 0.3) is 11.8 Å². The van der Waals surface area contributed by atoms with Gasteiger partial charge in [0.1, 0.15) is 11.5 Å². The lowest BCUT2D eigenvalue weighted by Gasteiger charge is -2.11. The molecule has 0 aliphatic carbocycles. The van der Waals surface area contributed by atoms with Crippen LogP contribution in [0.25, 0.3) is 0 Å². The summed E-state index contributed by atoms with van der Waals surface area (Å²) in [5.74, 6) is 0.512. The molecule has 2 amide bonds. The lowest BCUT2D eigenvalue weighted by Crippen LogP contribution is -2.20. The first-order chi connectivity index (χ1) is 15.9. The molecule has 0 radical (unpaired) electrons. The summed E-state index contributed by atoms with van der Waals surface area (Å²) in [6.45, 7) is 3.78. The largest absolute Gasteiger partial charge is 0.497 e. The number of rotatable bonds is 8. The number of benzene rings is 3. The zero-order valence-corrected chi connectivity index (χ0v) is 20.1. The topological polar surface area (TPSA) is 89.0 Å². The maximum Gasteiger partial charge on any atom is 0.271 e. The predicted molar refractivity (Wildman–Crippen MR) is 132 cm³/mol. The number of halogens is 1. The van der Waals surface area contributed by atoms with Crippen LogP contribution in [-0.4, -0.2) is 31.7 Å². The Labute approximate surface area is 200 Å². The van der Waals surface area contributed by atoms with Gasteiger partial charge in [-0.05, 0) is 88.9 Å². The normalized spacial score (nSPS) is 10.7. The van der Waals surface area contributed by atoms with Crippen molar-refractivity contribution >= 4 is 39.6 Å². The lowest BCUT2D eigenvalue weighted by molar-refractivity contribution is -0.118. The average Bonchev–Trinajstić information content (AvgIpc) is 2.81. The third-order valence-corrected chi connectivity index (χ3v) is 5.31. The quantitative estimate of drug-likeness (QED) is 0.335. The van der Waals surface area contributed by atoms with Crippen LogP contribution in [0.2, 0.25) is 0 Å². The summed E-state index contributed by atoms with van der Waals surface area (Å²) in [7, 11) is 1.54. The first-order valence-corrected chi connectivity index (χ1v) is 10.9. The number of aryl methyl sites for hydroxylation is 2. The molecule has 2 N–H and O–H groups in total. The van der Waals surface area contributed by atoms with Crippen LogP contribution in [-0.2, 0) is 4.79 Å². The standard InChI is InChI=1S/C25H24BrN3O4/c1-16-7-8-17(2)22(11-16)28-24(30)15-33-23-10-9-18(12-21(23)26)14-27-29-25(31)19-5-4-6-20(13-19)32-3/h4-14H,15H2,1-3H3,(H,28,30)(H,29,31)/b27-14+. The van der Waals surface area contributed by atoms with Crippen molar-refractivity contribution in [3.8, 4) is 11.5 Å². The molecule has 170 valence electrons. The van der Waals surface area contributed by atoms with Gasteiger partial charge in [0.05, 0.1) is 17.8 Å². The van der Waals surface area contributed by atoms with Crippen molar-refractivity contribution < 1.29 is 19.1 Å². The molecule has 3 aromatic rings. The minimum absolute atomic E-state index is 0.129. The number of carbonyl (C=O) groups excluding carboxylic acids is 2. The zero-order valence-electron chi connectivity index (χ0n) is 18.5. The summed E-state index contributed by atoms with van der Waals surface area (Å²) in [6, 6.07) is 17.9. The molecule has 8 heteroatoms. The van der Waals surface area contributed by atoms with Gasteiger partial charge < -0.3 is 14.8 Å². The molecule has 0 fully saturated rings. The summed E-state index contributed by atoms with van der Waals surface area (Å²) < 4.78 is 11.4. The molecule has 0 aromatic heterocycles. The summed E-state index contributed by atoms with van der Waals surface area (Å²) in [5.41, 5.74) is 6.47. The van der Waals surface area contributed by atoms with E-state index in [4.69, 9.17) is 9.47 Å². The number of hydrazone groups is 1. The Hall–Kier alpha value is -3.65. The van der Waals surface area contributed by atoms with E-state index in [9.17, 15) is 9.59 Å². The van der Waals surface area contributed by atoms with E-state index in [0.717, 1.165) is 22.4 Å². The van der Waals surface area contributed by atoms with E-state index in [0.29, 0.717) is 21.5 Å². The first kappa shape index (κ1) is 24.0. The second-order valence-corrected chi connectivity index (χ2v) is 8.13. The summed E-state index contributed by atoms with van der Waals surface area (Å²) in [5, 5.41) is 6.85. The lowest BCUT2D eigenvalue weighted by atomic mass is 10.1. The van der Waals surface area contributed by atoms with Crippen LogP contribution in [0.5, 0.6) is 11.5 Å². The van der Waals surface area contributed by atoms with Gasteiger partial charge in [0.2, 0.25) is 0 Å². The van der Waals surface area contributed by atoms with Crippen LogP contribution < -0.4 is 20.2 Å². The monoisotopic (exact) mass is 509 g/mol. The molecule has 3 aromatic carbocycles. The number of hydrogen-bond donors (Lipinski definition) is 2. The highest BCUT2D eigenvalue weighted by Gasteiger charge is 2.09. The number of hydrogen-bond acceptors (Lipinski definition) is 5. The van der Waals surface area contributed by atoms with E-state index in [1.165, 1.54) is 13.3 Å². The molecule has 7 nitrogen and oxygen atoms in total. The van der Waals surface area contributed by atoms with Crippen molar-refractivity contribution in [2.45, 2.75) is 13.8 Å². The van der Waals surface area contributed by atoms with Crippen molar-refractivity contribution in [3.63, 3.8) is 0 Å². The molecule has 0 atom stereocenters. The van der Waals surface area contributed by atoms with Gasteiger partial charge in [-0.2, -0.15) is 5.10 Å². The van der Waals surface area contributed by atoms with Gasteiger partial charge in [-0.25, -0.2) is 5.43 Å². The molecule has 3 rings (SSSR count). The van der Waals surface area contributed by atoms with Crippen LogP contribution in [0.4, 0.5) is 5.69 Å². The van der Waals surface area contributed by atoms with Gasteiger partial charge in [0.15, 0.2) is 6.61 Å². The third kappa shape index (κ3) is 6.92. The van der Waals surface area contributed by atoms with E-state index >= 15 is 0 Å². The molecule has 0 aliphatic rings. The highest BCUT2D eigenvalue weighted by atomic mass is 79.9. The van der Waals surface area contributed by atoms with Crippen molar-refractivity contribution in [1.82, 2.24) is 5.43 Å².